The van der Waals surface area contributed by atoms with E-state index < -0.39 is 77.2 Å². The number of aliphatic carboxylic acids is 1. The second-order valence-corrected chi connectivity index (χ2v) is 11.5. The van der Waals surface area contributed by atoms with Crippen LogP contribution >= 0.6 is 0 Å². The number of alkyl halides is 3. The van der Waals surface area contributed by atoms with Gasteiger partial charge < -0.3 is 24.2 Å². The Kier molecular flexibility index (Phi) is 8.16. The van der Waals surface area contributed by atoms with Crippen LogP contribution in [0.4, 0.5) is 13.2 Å². The number of pyridine rings is 1. The molecule has 0 bridgehead atoms. The Bertz CT molecular complexity index is 1340. The van der Waals surface area contributed by atoms with E-state index >= 15 is 0 Å². The van der Waals surface area contributed by atoms with Crippen molar-refractivity contribution in [3.05, 3.63) is 58.8 Å². The summed E-state index contributed by atoms with van der Waals surface area (Å²) in [5.41, 5.74) is -1.47. The number of rotatable bonds is 7. The lowest BCUT2D eigenvalue weighted by atomic mass is 9.73. The molecule has 1 aromatic carbocycles. The van der Waals surface area contributed by atoms with Crippen molar-refractivity contribution in [3.63, 3.8) is 0 Å². The van der Waals surface area contributed by atoms with E-state index in [1.54, 1.807) is 52.0 Å². The maximum atomic E-state index is 14.2. The predicted molar refractivity (Wildman–Crippen MR) is 143 cm³/mol. The van der Waals surface area contributed by atoms with Crippen molar-refractivity contribution in [3.8, 4) is 5.88 Å². The predicted octanol–water partition coefficient (Wildman–Crippen LogP) is 5.57. The van der Waals surface area contributed by atoms with Gasteiger partial charge in [-0.25, -0.2) is 9.78 Å². The second-order valence-electron chi connectivity index (χ2n) is 11.5. The van der Waals surface area contributed by atoms with Gasteiger partial charge in [-0.1, -0.05) is 45.0 Å². The Morgan fingerprint density at radius 1 is 1.22 bits per heavy atom. The van der Waals surface area contributed by atoms with E-state index in [4.69, 9.17) is 17.0 Å². The molecule has 11 heteroatoms. The van der Waals surface area contributed by atoms with Gasteiger partial charge in [0.25, 0.3) is 5.91 Å². The van der Waals surface area contributed by atoms with Gasteiger partial charge in [-0.15, -0.1) is 0 Å². The number of aromatic nitrogens is 1. The Balaban J connectivity index is 1.93. The van der Waals surface area contributed by atoms with E-state index in [2.05, 4.69) is 4.98 Å². The van der Waals surface area contributed by atoms with E-state index in [-0.39, 0.29) is 0 Å². The van der Waals surface area contributed by atoms with Crippen LogP contribution in [-0.4, -0.2) is 58.8 Å². The number of amides is 1. The first-order chi connectivity index (χ1) is 20.0. The fourth-order valence-corrected chi connectivity index (χ4v) is 5.85. The quantitative estimate of drug-likeness (QED) is 0.457. The maximum Gasteiger partial charge on any atom is 0.417 e. The molecule has 5 atom stereocenters. The van der Waals surface area contributed by atoms with Crippen molar-refractivity contribution in [2.75, 3.05) is 13.7 Å². The first kappa shape index (κ1) is 28.0. The van der Waals surface area contributed by atoms with Crippen LogP contribution in [0.1, 0.15) is 71.1 Å². The molecule has 1 amide bonds. The molecule has 4 rings (SSSR count). The van der Waals surface area contributed by atoms with E-state index in [1.807, 2.05) is 0 Å². The number of likely N-dealkylation sites (tertiary alicyclic amines) is 1. The molecule has 0 unspecified atom stereocenters. The van der Waals surface area contributed by atoms with Crippen LogP contribution < -0.4 is 4.74 Å². The first-order valence-electron chi connectivity index (χ1n) is 14.5. The van der Waals surface area contributed by atoms with Crippen LogP contribution in [-0.2, 0) is 31.8 Å². The zero-order chi connectivity index (χ0) is 31.9. The molecule has 2 aliphatic rings. The molecule has 41 heavy (non-hydrogen) atoms. The smallest absolute Gasteiger partial charge is 0.417 e. The number of aryl methyl sites for hydroxylation is 1. The average Bonchev–Trinajstić information content (AvgIpc) is 3.27. The third kappa shape index (κ3) is 6.35. The fourth-order valence-electron chi connectivity index (χ4n) is 5.85. The van der Waals surface area contributed by atoms with Gasteiger partial charge in [0, 0.05) is 24.3 Å². The van der Waals surface area contributed by atoms with Gasteiger partial charge in [-0.3, -0.25) is 4.79 Å². The van der Waals surface area contributed by atoms with Crippen molar-refractivity contribution in [2.45, 2.75) is 84.0 Å². The van der Waals surface area contributed by atoms with E-state index in [0.29, 0.717) is 42.8 Å². The van der Waals surface area contributed by atoms with Crippen molar-refractivity contribution in [2.24, 2.45) is 11.3 Å². The molecule has 2 saturated heterocycles. The lowest BCUT2D eigenvalue weighted by Crippen LogP contribution is -2.51. The van der Waals surface area contributed by atoms with Crippen molar-refractivity contribution in [1.29, 1.82) is 0 Å². The first-order valence-corrected chi connectivity index (χ1v) is 13.5. The van der Waals surface area contributed by atoms with Gasteiger partial charge in [-0.2, -0.15) is 13.2 Å². The van der Waals surface area contributed by atoms with Gasteiger partial charge in [-0.05, 0) is 48.8 Å². The number of benzene rings is 1. The molecule has 2 fully saturated rings. The summed E-state index contributed by atoms with van der Waals surface area (Å²) >= 11 is 0. The summed E-state index contributed by atoms with van der Waals surface area (Å²) in [4.78, 5) is 32.1. The van der Waals surface area contributed by atoms with Crippen LogP contribution in [0.15, 0.2) is 36.5 Å². The number of carbonyl (C=O) groups is 2. The number of methoxy groups -OCH3 is 1. The number of ether oxygens (including phenoxy) is 3. The lowest BCUT2D eigenvalue weighted by molar-refractivity contribution is -0.159. The highest BCUT2D eigenvalue weighted by Crippen LogP contribution is 2.51. The molecule has 1 aromatic heterocycles. The molecule has 2 aliphatic heterocycles. The number of nitrogens with zero attached hydrogens (tertiary/aromatic N) is 2. The van der Waals surface area contributed by atoms with Crippen molar-refractivity contribution < 1.29 is 44.8 Å². The third-order valence-electron chi connectivity index (χ3n) is 7.75. The summed E-state index contributed by atoms with van der Waals surface area (Å²) in [5, 5.41) is 10.6. The van der Waals surface area contributed by atoms with Crippen LogP contribution in [0.2, 0.25) is 0 Å². The summed E-state index contributed by atoms with van der Waals surface area (Å²) in [6.45, 7) is 4.44. The summed E-state index contributed by atoms with van der Waals surface area (Å²) in [7, 11) is 1.14. The average molecular weight is 581 g/mol. The number of hydrogen-bond donors (Lipinski definition) is 1. The highest BCUT2D eigenvalue weighted by molar-refractivity contribution is 5.88. The molecule has 224 valence electrons. The van der Waals surface area contributed by atoms with Crippen LogP contribution in [0.25, 0.3) is 0 Å². The minimum Gasteiger partial charge on any atom is -0.481 e. The molecule has 0 aliphatic carbocycles. The Labute approximate surface area is 240 Å². The van der Waals surface area contributed by atoms with E-state index in [0.717, 1.165) is 13.5 Å². The Hall–Kier alpha value is -3.18. The minimum atomic E-state index is -4.83. The van der Waals surface area contributed by atoms with E-state index in [9.17, 15) is 27.9 Å². The van der Waals surface area contributed by atoms with Gasteiger partial charge >= 0.3 is 12.1 Å². The molecule has 3 heterocycles. The molecule has 0 spiro atoms. The third-order valence-corrected chi connectivity index (χ3v) is 7.75. The van der Waals surface area contributed by atoms with Gasteiger partial charge in [0.15, 0.2) is 0 Å². The lowest BCUT2D eigenvalue weighted by Gasteiger charge is -2.35. The highest BCUT2D eigenvalue weighted by atomic mass is 19.4. The number of carboxylic acid groups (broad SMARTS) is 1. The molecule has 0 saturated carbocycles. The molecular weight excluding hydrogens is 541 g/mol. The fraction of sp³-hybridized carbons (Fsp3) is 0.567. The van der Waals surface area contributed by atoms with Crippen LogP contribution in [0.5, 0.6) is 5.88 Å². The highest BCUT2D eigenvalue weighted by Gasteiger charge is 2.59. The molecular formula is C30H37F3N2O6. The van der Waals surface area contributed by atoms with Crippen LogP contribution in [0, 0.1) is 18.3 Å². The van der Waals surface area contributed by atoms with Crippen molar-refractivity contribution >= 4 is 11.9 Å². The zero-order valence-corrected chi connectivity index (χ0v) is 23.7. The second kappa shape index (κ2) is 12.0. The number of hydrogen-bond acceptors (Lipinski definition) is 6. The zero-order valence-electron chi connectivity index (χ0n) is 25.7. The summed E-state index contributed by atoms with van der Waals surface area (Å²) in [6.07, 6.45) is -4.64. The summed E-state index contributed by atoms with van der Waals surface area (Å²) in [5.74, 6) is -3.29. The largest absolute Gasteiger partial charge is 0.481 e. The van der Waals surface area contributed by atoms with Gasteiger partial charge in [0.1, 0.15) is 12.1 Å². The normalized spacial score (nSPS) is 26.3. The Morgan fingerprint density at radius 3 is 2.49 bits per heavy atom. The van der Waals surface area contributed by atoms with Crippen molar-refractivity contribution in [1.82, 2.24) is 9.88 Å². The molecule has 8 nitrogen and oxygen atoms in total. The van der Waals surface area contributed by atoms with E-state index in [1.165, 1.54) is 4.90 Å². The van der Waals surface area contributed by atoms with Gasteiger partial charge in [0.2, 0.25) is 5.88 Å². The SMILES string of the molecule is [2H]C([2H])(O[C@H]1[C@H](C(C)(C)C)[C@@H](C(=O)O)N(C(=O)[C@@H]2CCCCO2)[C@H]1c1ccccc1C)c1cc(C(F)(F)F)cnc1OC. The number of carboxylic acids is 1. The van der Waals surface area contributed by atoms with Crippen LogP contribution in [0.3, 0.4) is 0 Å². The summed E-state index contributed by atoms with van der Waals surface area (Å²) < 4.78 is 75.7. The molecule has 2 aromatic rings. The number of carbonyl (C=O) groups excluding carboxylic acids is 1. The summed E-state index contributed by atoms with van der Waals surface area (Å²) in [6, 6.07) is 4.99. The standard InChI is InChI=1S/C30H37F3N2O6/c1-17-10-6-7-11-20(17)23-25(41-16-18-14-19(30(31,32)33)15-34-26(18)39-5)22(29(2,3)4)24(28(37)38)35(23)27(36)21-12-8-9-13-40-21/h6-7,10-11,14-15,21-25H,8-9,12-13,16H2,1-5H3,(H,37,38)/t21-,22+,23-,24-,25-/m0/s1/i16D2. The number of halogens is 3. The molecule has 1 N–H and O–H groups in total. The Morgan fingerprint density at radius 2 is 1.93 bits per heavy atom. The minimum absolute atomic E-state index is 0.338. The molecule has 0 radical (unpaired) electrons. The maximum absolute atomic E-state index is 14.2. The monoisotopic (exact) mass is 580 g/mol. The topological polar surface area (TPSA) is 98.2 Å². The van der Waals surface area contributed by atoms with Gasteiger partial charge in [0.05, 0.1) is 34.1 Å².